The van der Waals surface area contributed by atoms with Crippen LogP contribution in [0, 0.1) is 17.3 Å². The van der Waals surface area contributed by atoms with Gasteiger partial charge in [-0.25, -0.2) is 0 Å². The molecule has 5 nitrogen and oxygen atoms in total. The maximum atomic E-state index is 13.2. The van der Waals surface area contributed by atoms with Crippen molar-refractivity contribution in [1.29, 1.82) is 0 Å². The lowest BCUT2D eigenvalue weighted by molar-refractivity contribution is -0.158. The van der Waals surface area contributed by atoms with Crippen LogP contribution in [0.25, 0.3) is 0 Å². The van der Waals surface area contributed by atoms with Crippen molar-refractivity contribution in [2.24, 2.45) is 17.3 Å². The Kier molecular flexibility index (Phi) is 5.84. The van der Waals surface area contributed by atoms with E-state index in [9.17, 15) is 14.7 Å². The number of nitrogens with zero attached hydrogens (tertiary/aromatic N) is 1. The molecular formula is C29H37NO4. The monoisotopic (exact) mass is 463 g/mol. The Balaban J connectivity index is 1.63. The summed E-state index contributed by atoms with van der Waals surface area (Å²) in [6, 6.07) is 8.74. The van der Waals surface area contributed by atoms with Crippen LogP contribution >= 0.6 is 0 Å². The zero-order valence-corrected chi connectivity index (χ0v) is 20.9. The maximum absolute atomic E-state index is 13.2. The van der Waals surface area contributed by atoms with E-state index in [1.807, 2.05) is 14.1 Å². The van der Waals surface area contributed by atoms with Gasteiger partial charge in [0.1, 0.15) is 18.0 Å². The molecule has 0 bridgehead atoms. The summed E-state index contributed by atoms with van der Waals surface area (Å²) in [6.45, 7) is 2.09. The van der Waals surface area contributed by atoms with Crippen LogP contribution in [0.3, 0.4) is 0 Å². The van der Waals surface area contributed by atoms with Crippen LogP contribution in [-0.4, -0.2) is 50.1 Å². The second-order valence-electron chi connectivity index (χ2n) is 11.2. The Bertz CT molecular complexity index is 1070. The zero-order chi connectivity index (χ0) is 24.3. The minimum absolute atomic E-state index is 0.0498. The lowest BCUT2D eigenvalue weighted by Gasteiger charge is -2.54. The van der Waals surface area contributed by atoms with Crippen LogP contribution in [0.1, 0.15) is 63.4 Å². The molecule has 1 aromatic rings. The Morgan fingerprint density at radius 3 is 2.62 bits per heavy atom. The van der Waals surface area contributed by atoms with E-state index in [1.165, 1.54) is 29.4 Å². The van der Waals surface area contributed by atoms with E-state index in [4.69, 9.17) is 4.74 Å². The molecular weight excluding hydrogens is 426 g/mol. The first-order chi connectivity index (χ1) is 16.2. The van der Waals surface area contributed by atoms with Crippen LogP contribution in [0.5, 0.6) is 0 Å². The second kappa shape index (κ2) is 8.46. The Morgan fingerprint density at radius 2 is 1.94 bits per heavy atom. The van der Waals surface area contributed by atoms with E-state index in [2.05, 4.69) is 42.2 Å². The molecule has 0 saturated heterocycles. The summed E-state index contributed by atoms with van der Waals surface area (Å²) in [7, 11) is 5.60. The van der Waals surface area contributed by atoms with Crippen molar-refractivity contribution in [3.8, 4) is 0 Å². The molecule has 1 aromatic carbocycles. The Morgan fingerprint density at radius 1 is 1.21 bits per heavy atom. The fraction of sp³-hybridized carbons (Fsp3) is 0.586. The van der Waals surface area contributed by atoms with Gasteiger partial charge in [0.25, 0.3) is 0 Å². The number of methoxy groups -OCH3 is 1. The Labute approximate surface area is 202 Å². The highest BCUT2D eigenvalue weighted by Gasteiger charge is 2.65. The fourth-order valence-corrected chi connectivity index (χ4v) is 7.61. The number of fused-ring (bicyclic) bond motifs is 4. The van der Waals surface area contributed by atoms with Gasteiger partial charge in [0.05, 0.1) is 0 Å². The number of benzene rings is 1. The molecule has 5 atom stereocenters. The normalized spacial score (nSPS) is 34.8. The molecule has 3 fully saturated rings. The van der Waals surface area contributed by atoms with Gasteiger partial charge in [-0.15, -0.1) is 0 Å². The van der Waals surface area contributed by atoms with Gasteiger partial charge in [0, 0.05) is 51.1 Å². The maximum Gasteiger partial charge on any atom is 0.190 e. The minimum atomic E-state index is -1.36. The first-order valence-corrected chi connectivity index (χ1v) is 12.7. The van der Waals surface area contributed by atoms with E-state index in [0.717, 1.165) is 31.4 Å². The highest BCUT2D eigenvalue weighted by molar-refractivity contribution is 5.90. The molecule has 0 heterocycles. The lowest BCUT2D eigenvalue weighted by atomic mass is 9.51. The molecule has 0 aromatic heterocycles. The second-order valence-corrected chi connectivity index (χ2v) is 11.2. The van der Waals surface area contributed by atoms with Gasteiger partial charge in [0.15, 0.2) is 5.78 Å². The topological polar surface area (TPSA) is 66.8 Å². The molecule has 4 aliphatic carbocycles. The molecule has 4 aliphatic rings. The van der Waals surface area contributed by atoms with Crippen molar-refractivity contribution in [3.05, 3.63) is 52.6 Å². The smallest absolute Gasteiger partial charge is 0.190 e. The number of aliphatic hydroxyl groups is 1. The van der Waals surface area contributed by atoms with Gasteiger partial charge in [-0.2, -0.15) is 0 Å². The van der Waals surface area contributed by atoms with Gasteiger partial charge in [-0.3, -0.25) is 9.59 Å². The molecule has 1 N–H and O–H groups in total. The molecule has 0 aliphatic heterocycles. The number of ketones is 2. The fourth-order valence-electron chi connectivity index (χ4n) is 7.61. The standard InChI is InChI=1S/C29H37NO4/c1-28-16-24(18-5-8-20(9-6-18)30(2)3)27-22-12-10-21(31)15-19(22)7-11-23(27)25(28)13-14-29(28,33)26(32)17-34-4/h5-9,23-25,33H,10-17H2,1-4H3/t23?,24-,25?,28+,29+/m1/s1. The van der Waals surface area contributed by atoms with Crippen molar-refractivity contribution in [1.82, 2.24) is 0 Å². The van der Waals surface area contributed by atoms with Crippen LogP contribution < -0.4 is 4.90 Å². The van der Waals surface area contributed by atoms with E-state index in [0.29, 0.717) is 31.0 Å². The van der Waals surface area contributed by atoms with Crippen molar-refractivity contribution in [3.63, 3.8) is 0 Å². The molecule has 3 saturated carbocycles. The quantitative estimate of drug-likeness (QED) is 0.691. The summed E-state index contributed by atoms with van der Waals surface area (Å²) in [5.74, 6) is 0.826. The molecule has 182 valence electrons. The number of allylic oxidation sites excluding steroid dienone is 4. The average molecular weight is 464 g/mol. The first-order valence-electron chi connectivity index (χ1n) is 12.7. The zero-order valence-electron chi connectivity index (χ0n) is 20.9. The van der Waals surface area contributed by atoms with Crippen molar-refractivity contribution in [2.45, 2.75) is 63.4 Å². The van der Waals surface area contributed by atoms with Gasteiger partial charge >= 0.3 is 0 Å². The summed E-state index contributed by atoms with van der Waals surface area (Å²) in [4.78, 5) is 27.5. The van der Waals surface area contributed by atoms with Crippen molar-refractivity contribution < 1.29 is 19.4 Å². The third-order valence-electron chi connectivity index (χ3n) is 9.41. The SMILES string of the molecule is COCC(=O)[C@@]1(O)CCC2C3CC=C4CC(=O)CCC4=C3[C@@H](c3ccc(N(C)C)cc3)C[C@@]21C. The highest BCUT2D eigenvalue weighted by atomic mass is 16.5. The summed E-state index contributed by atoms with van der Waals surface area (Å²) in [5.41, 5.74) is 4.61. The van der Waals surface area contributed by atoms with Crippen molar-refractivity contribution in [2.75, 3.05) is 32.7 Å². The summed E-state index contributed by atoms with van der Waals surface area (Å²) < 4.78 is 5.18. The number of anilines is 1. The third-order valence-corrected chi connectivity index (χ3v) is 9.41. The van der Waals surface area contributed by atoms with E-state index in [-0.39, 0.29) is 24.2 Å². The van der Waals surface area contributed by atoms with Gasteiger partial charge in [-0.05, 0) is 72.8 Å². The van der Waals surface area contributed by atoms with Crippen molar-refractivity contribution >= 4 is 17.3 Å². The number of ether oxygens (including phenoxy) is 1. The lowest BCUT2D eigenvalue weighted by Crippen LogP contribution is -2.56. The van der Waals surface area contributed by atoms with Gasteiger partial charge in [-0.1, -0.05) is 30.7 Å². The van der Waals surface area contributed by atoms with Gasteiger partial charge < -0.3 is 14.7 Å². The van der Waals surface area contributed by atoms with Crippen LogP contribution in [0.4, 0.5) is 5.69 Å². The molecule has 2 unspecified atom stereocenters. The van der Waals surface area contributed by atoms with E-state index >= 15 is 0 Å². The van der Waals surface area contributed by atoms with Crippen LogP contribution in [0.15, 0.2) is 47.1 Å². The average Bonchev–Trinajstić information content (AvgIpc) is 3.10. The minimum Gasteiger partial charge on any atom is -0.381 e. The highest BCUT2D eigenvalue weighted by Crippen LogP contribution is 2.66. The predicted octanol–water partition coefficient (Wildman–Crippen LogP) is 4.60. The number of Topliss-reactive ketones (excluding diaryl/α,β-unsaturated/α-hetero) is 2. The third kappa shape index (κ3) is 3.43. The van der Waals surface area contributed by atoms with Crippen LogP contribution in [0.2, 0.25) is 0 Å². The van der Waals surface area contributed by atoms with E-state index < -0.39 is 11.0 Å². The number of hydrogen-bond donors (Lipinski definition) is 1. The largest absolute Gasteiger partial charge is 0.381 e. The first kappa shape index (κ1) is 23.5. The van der Waals surface area contributed by atoms with E-state index in [1.54, 1.807) is 0 Å². The number of hydrogen-bond acceptors (Lipinski definition) is 5. The molecule has 0 spiro atoms. The van der Waals surface area contributed by atoms with Gasteiger partial charge in [0.2, 0.25) is 0 Å². The summed E-state index contributed by atoms with van der Waals surface area (Å²) in [6.07, 6.45) is 7.24. The molecule has 5 rings (SSSR count). The number of carbonyl (C=O) groups excluding carboxylic acids is 2. The number of rotatable bonds is 5. The number of carbonyl (C=O) groups is 2. The summed E-state index contributed by atoms with van der Waals surface area (Å²) >= 11 is 0. The molecule has 0 radical (unpaired) electrons. The predicted molar refractivity (Wildman–Crippen MR) is 133 cm³/mol. The molecule has 5 heteroatoms. The van der Waals surface area contributed by atoms with Crippen LogP contribution in [-0.2, 0) is 14.3 Å². The Hall–Kier alpha value is -2.24. The molecule has 0 amide bonds. The summed E-state index contributed by atoms with van der Waals surface area (Å²) in [5, 5.41) is 11.9. The molecule has 34 heavy (non-hydrogen) atoms.